The summed E-state index contributed by atoms with van der Waals surface area (Å²) in [5.41, 5.74) is 0.863. The van der Waals surface area contributed by atoms with Crippen LogP contribution in [-0.2, 0) is 11.2 Å². The zero-order valence-electron chi connectivity index (χ0n) is 7.99. The Hall–Kier alpha value is -1.97. The van der Waals surface area contributed by atoms with Crippen molar-refractivity contribution in [2.24, 2.45) is 0 Å². The quantitative estimate of drug-likeness (QED) is 0.664. The van der Waals surface area contributed by atoms with E-state index in [1.165, 1.54) is 0 Å². The molecular formula is C11H9O4-. The summed E-state index contributed by atoms with van der Waals surface area (Å²) in [6, 6.07) is 5.28. The third-order valence-corrected chi connectivity index (χ3v) is 2.14. The molecule has 78 valence electrons. The van der Waals surface area contributed by atoms with Gasteiger partial charge in [0.1, 0.15) is 0 Å². The summed E-state index contributed by atoms with van der Waals surface area (Å²) in [7, 11) is 0. The molecule has 1 heterocycles. The molecule has 0 spiro atoms. The number of rotatable bonds is 3. The van der Waals surface area contributed by atoms with Crippen LogP contribution in [0.5, 0.6) is 11.5 Å². The van der Waals surface area contributed by atoms with Gasteiger partial charge in [0.25, 0.3) is 0 Å². The Morgan fingerprint density at radius 2 is 2.13 bits per heavy atom. The molecule has 1 aliphatic heterocycles. The van der Waals surface area contributed by atoms with Crippen molar-refractivity contribution in [2.45, 2.75) is 6.42 Å². The maximum Gasteiger partial charge on any atom is 0.231 e. The fourth-order valence-corrected chi connectivity index (χ4v) is 1.37. The molecule has 0 saturated carbocycles. The Balaban J connectivity index is 2.17. The van der Waals surface area contributed by atoms with Gasteiger partial charge >= 0.3 is 0 Å². The summed E-state index contributed by atoms with van der Waals surface area (Å²) in [5.74, 6) is 0.0872. The number of carbonyl (C=O) groups excluding carboxylic acids is 1. The van der Waals surface area contributed by atoms with Crippen LogP contribution < -0.4 is 14.6 Å². The molecule has 4 heteroatoms. The second kappa shape index (κ2) is 3.65. The molecule has 0 radical (unpaired) electrons. The van der Waals surface area contributed by atoms with Crippen molar-refractivity contribution in [3.8, 4) is 11.5 Å². The zero-order chi connectivity index (χ0) is 10.8. The predicted octanol–water partition coefficient (Wildman–Crippen LogP) is 0.264. The van der Waals surface area contributed by atoms with Gasteiger partial charge in [0.2, 0.25) is 6.79 Å². The highest BCUT2D eigenvalue weighted by Crippen LogP contribution is 2.32. The molecule has 0 aromatic heterocycles. The smallest absolute Gasteiger partial charge is 0.231 e. The third-order valence-electron chi connectivity index (χ3n) is 2.14. The van der Waals surface area contributed by atoms with Gasteiger partial charge in [-0.1, -0.05) is 12.6 Å². The summed E-state index contributed by atoms with van der Waals surface area (Å²) in [4.78, 5) is 10.5. The number of fused-ring (bicyclic) bond motifs is 1. The van der Waals surface area contributed by atoms with Gasteiger partial charge in [-0.25, -0.2) is 0 Å². The number of hydrogen-bond donors (Lipinski definition) is 0. The molecule has 1 aromatic rings. The fraction of sp³-hybridized carbons (Fsp3) is 0.182. The molecule has 1 aromatic carbocycles. The molecule has 1 aliphatic rings. The van der Waals surface area contributed by atoms with Crippen molar-refractivity contribution in [1.82, 2.24) is 0 Å². The lowest BCUT2D eigenvalue weighted by atomic mass is 10.1. The number of carboxylic acid groups (broad SMARTS) is 1. The molecule has 2 rings (SSSR count). The van der Waals surface area contributed by atoms with Crippen LogP contribution in [0.25, 0.3) is 0 Å². The summed E-state index contributed by atoms with van der Waals surface area (Å²) in [6.45, 7) is 3.62. The molecule has 4 nitrogen and oxygen atoms in total. The van der Waals surface area contributed by atoms with E-state index in [1.807, 2.05) is 0 Å². The van der Waals surface area contributed by atoms with E-state index in [1.54, 1.807) is 18.2 Å². The standard InChI is InChI=1S/C11H10O4/c1-7(11(12)13)4-8-2-3-9-10(5-8)15-6-14-9/h2-3,5H,1,4,6H2,(H,12,13)/p-1. The Bertz CT molecular complexity index is 423. The number of ether oxygens (including phenoxy) is 2. The van der Waals surface area contributed by atoms with Crippen molar-refractivity contribution in [2.75, 3.05) is 6.79 Å². The molecular weight excluding hydrogens is 196 g/mol. The number of carbonyl (C=O) groups is 1. The largest absolute Gasteiger partial charge is 0.545 e. The van der Waals surface area contributed by atoms with Crippen molar-refractivity contribution >= 4 is 5.97 Å². The van der Waals surface area contributed by atoms with E-state index < -0.39 is 5.97 Å². The number of carboxylic acids is 1. The maximum absolute atomic E-state index is 10.5. The summed E-state index contributed by atoms with van der Waals surface area (Å²) >= 11 is 0. The Labute approximate surface area is 86.7 Å². The summed E-state index contributed by atoms with van der Waals surface area (Å²) < 4.78 is 10.3. The highest BCUT2D eigenvalue weighted by molar-refractivity contribution is 5.84. The minimum Gasteiger partial charge on any atom is -0.545 e. The van der Waals surface area contributed by atoms with Gasteiger partial charge in [0.05, 0.1) is 5.97 Å². The van der Waals surface area contributed by atoms with Crippen molar-refractivity contribution in [3.63, 3.8) is 0 Å². The van der Waals surface area contributed by atoms with Crippen molar-refractivity contribution < 1.29 is 19.4 Å². The zero-order valence-corrected chi connectivity index (χ0v) is 7.99. The van der Waals surface area contributed by atoms with E-state index in [0.717, 1.165) is 5.56 Å². The van der Waals surface area contributed by atoms with E-state index in [4.69, 9.17) is 9.47 Å². The molecule has 0 unspecified atom stereocenters. The van der Waals surface area contributed by atoms with Crippen LogP contribution in [0.15, 0.2) is 30.4 Å². The van der Waals surface area contributed by atoms with Crippen LogP contribution in [0, 0.1) is 0 Å². The van der Waals surface area contributed by atoms with Crippen LogP contribution in [0.3, 0.4) is 0 Å². The molecule has 15 heavy (non-hydrogen) atoms. The summed E-state index contributed by atoms with van der Waals surface area (Å²) in [6.07, 6.45) is 0.249. The van der Waals surface area contributed by atoms with Gasteiger partial charge in [-0.15, -0.1) is 0 Å². The first-order chi connectivity index (χ1) is 7.16. The average Bonchev–Trinajstić information content (AvgIpc) is 2.64. The van der Waals surface area contributed by atoms with Gasteiger partial charge in [0.15, 0.2) is 11.5 Å². The molecule has 0 atom stereocenters. The SMILES string of the molecule is C=C(Cc1ccc2c(c1)OCO2)C(=O)[O-]. The van der Waals surface area contributed by atoms with Gasteiger partial charge in [-0.2, -0.15) is 0 Å². The minimum atomic E-state index is -1.23. The molecule has 0 saturated heterocycles. The number of hydrogen-bond acceptors (Lipinski definition) is 4. The number of benzene rings is 1. The molecule has 0 amide bonds. The summed E-state index contributed by atoms with van der Waals surface area (Å²) in [5, 5.41) is 10.5. The van der Waals surface area contributed by atoms with E-state index in [-0.39, 0.29) is 18.8 Å². The second-order valence-electron chi connectivity index (χ2n) is 3.26. The topological polar surface area (TPSA) is 58.6 Å². The maximum atomic E-state index is 10.5. The first-order valence-corrected chi connectivity index (χ1v) is 4.44. The van der Waals surface area contributed by atoms with Crippen LogP contribution in [0.2, 0.25) is 0 Å². The highest BCUT2D eigenvalue weighted by Gasteiger charge is 2.13. The lowest BCUT2D eigenvalue weighted by Crippen LogP contribution is -2.24. The van der Waals surface area contributed by atoms with Gasteiger partial charge in [0, 0.05) is 0 Å². The van der Waals surface area contributed by atoms with Gasteiger partial charge in [-0.05, 0) is 29.7 Å². The van der Waals surface area contributed by atoms with Crippen molar-refractivity contribution in [1.29, 1.82) is 0 Å². The van der Waals surface area contributed by atoms with E-state index in [9.17, 15) is 9.90 Å². The van der Waals surface area contributed by atoms with Crippen molar-refractivity contribution in [3.05, 3.63) is 35.9 Å². The Morgan fingerprint density at radius 3 is 2.87 bits per heavy atom. The fourth-order valence-electron chi connectivity index (χ4n) is 1.37. The van der Waals surface area contributed by atoms with E-state index in [2.05, 4.69) is 6.58 Å². The van der Waals surface area contributed by atoms with Crippen LogP contribution in [-0.4, -0.2) is 12.8 Å². The lowest BCUT2D eigenvalue weighted by molar-refractivity contribution is -0.299. The lowest BCUT2D eigenvalue weighted by Gasteiger charge is -2.06. The van der Waals surface area contributed by atoms with E-state index in [0.29, 0.717) is 11.5 Å². The van der Waals surface area contributed by atoms with E-state index >= 15 is 0 Å². The first-order valence-electron chi connectivity index (χ1n) is 4.44. The highest BCUT2D eigenvalue weighted by atomic mass is 16.7. The minimum absolute atomic E-state index is 0.0499. The molecule has 0 fully saturated rings. The Morgan fingerprint density at radius 1 is 1.40 bits per heavy atom. The van der Waals surface area contributed by atoms with Crippen LogP contribution in [0.4, 0.5) is 0 Å². The normalized spacial score (nSPS) is 12.5. The second-order valence-corrected chi connectivity index (χ2v) is 3.26. The Kier molecular flexibility index (Phi) is 2.33. The third kappa shape index (κ3) is 1.93. The monoisotopic (exact) mass is 205 g/mol. The van der Waals surface area contributed by atoms with Crippen LogP contribution >= 0.6 is 0 Å². The van der Waals surface area contributed by atoms with Gasteiger partial charge in [-0.3, -0.25) is 0 Å². The average molecular weight is 205 g/mol. The molecule has 0 bridgehead atoms. The predicted molar refractivity (Wildman–Crippen MR) is 50.4 cm³/mol. The van der Waals surface area contributed by atoms with Crippen LogP contribution in [0.1, 0.15) is 5.56 Å². The number of aliphatic carboxylic acids is 1. The van der Waals surface area contributed by atoms with Gasteiger partial charge < -0.3 is 19.4 Å². The molecule has 0 aliphatic carbocycles. The first kappa shape index (κ1) is 9.58. The molecule has 0 N–H and O–H groups in total.